The number of aromatic nitrogens is 2. The predicted octanol–water partition coefficient (Wildman–Crippen LogP) is 2.50. The zero-order valence-corrected chi connectivity index (χ0v) is 11.1. The quantitative estimate of drug-likeness (QED) is 0.863. The molecule has 1 aromatic heterocycles. The van der Waals surface area contributed by atoms with Gasteiger partial charge in [-0.1, -0.05) is 30.3 Å². The van der Waals surface area contributed by atoms with Crippen LogP contribution in [0.15, 0.2) is 36.7 Å². The molecule has 0 unspecified atom stereocenters. The molecular formula is C14H17N3O2. The van der Waals surface area contributed by atoms with Gasteiger partial charge in [-0.25, -0.2) is 4.98 Å². The van der Waals surface area contributed by atoms with Crippen molar-refractivity contribution >= 4 is 5.82 Å². The van der Waals surface area contributed by atoms with Gasteiger partial charge in [-0.05, 0) is 12.5 Å². The number of hydrogen-bond acceptors (Lipinski definition) is 5. The summed E-state index contributed by atoms with van der Waals surface area (Å²) in [5.41, 5.74) is 1.08. The van der Waals surface area contributed by atoms with Crippen molar-refractivity contribution < 1.29 is 9.47 Å². The Morgan fingerprint density at radius 3 is 2.63 bits per heavy atom. The number of nitrogens with zero attached hydrogens (tertiary/aromatic N) is 2. The maximum Gasteiger partial charge on any atom is 0.262 e. The van der Waals surface area contributed by atoms with Crippen LogP contribution >= 0.6 is 0 Å². The van der Waals surface area contributed by atoms with Crippen LogP contribution in [0.25, 0.3) is 0 Å². The molecule has 0 amide bonds. The van der Waals surface area contributed by atoms with Crippen molar-refractivity contribution in [3.63, 3.8) is 0 Å². The number of hydrogen-bond donors (Lipinski definition) is 1. The average Bonchev–Trinajstić information content (AvgIpc) is 2.46. The smallest absolute Gasteiger partial charge is 0.262 e. The maximum atomic E-state index is 5.68. The van der Waals surface area contributed by atoms with E-state index in [1.54, 1.807) is 7.11 Å². The molecule has 0 atom stereocenters. The van der Waals surface area contributed by atoms with Crippen LogP contribution in [0, 0.1) is 0 Å². The van der Waals surface area contributed by atoms with E-state index >= 15 is 0 Å². The largest absolute Gasteiger partial charge is 0.489 e. The molecule has 2 aromatic rings. The molecule has 1 aromatic carbocycles. The Bertz CT molecular complexity index is 517. The first-order valence-electron chi connectivity index (χ1n) is 6.14. The zero-order valence-electron chi connectivity index (χ0n) is 11.1. The number of methoxy groups -OCH3 is 1. The lowest BCUT2D eigenvalue weighted by Gasteiger charge is -2.12. The summed E-state index contributed by atoms with van der Waals surface area (Å²) in [6.07, 6.45) is 1.46. The Kier molecular flexibility index (Phi) is 4.55. The van der Waals surface area contributed by atoms with Crippen LogP contribution in [0.1, 0.15) is 12.5 Å². The van der Waals surface area contributed by atoms with Crippen LogP contribution in [0.3, 0.4) is 0 Å². The highest BCUT2D eigenvalue weighted by molar-refractivity contribution is 5.54. The van der Waals surface area contributed by atoms with Gasteiger partial charge in [0, 0.05) is 6.54 Å². The van der Waals surface area contributed by atoms with Gasteiger partial charge in [-0.15, -0.1) is 0 Å². The molecule has 1 heterocycles. The lowest BCUT2D eigenvalue weighted by Crippen LogP contribution is -2.06. The molecule has 100 valence electrons. The Labute approximate surface area is 112 Å². The summed E-state index contributed by atoms with van der Waals surface area (Å²) < 4.78 is 11.0. The van der Waals surface area contributed by atoms with Crippen molar-refractivity contribution in [3.8, 4) is 11.6 Å². The van der Waals surface area contributed by atoms with Crippen molar-refractivity contribution in [2.24, 2.45) is 0 Å². The first-order valence-corrected chi connectivity index (χ1v) is 6.14. The van der Waals surface area contributed by atoms with E-state index in [9.17, 15) is 0 Å². The van der Waals surface area contributed by atoms with E-state index < -0.39 is 0 Å². The second-order valence-corrected chi connectivity index (χ2v) is 3.87. The van der Waals surface area contributed by atoms with Crippen molar-refractivity contribution in [1.29, 1.82) is 0 Å². The van der Waals surface area contributed by atoms with Crippen LogP contribution in [0.2, 0.25) is 0 Å². The molecule has 0 aliphatic heterocycles. The number of anilines is 1. The fourth-order valence-corrected chi connectivity index (χ4v) is 1.66. The SMILES string of the molecule is CCNc1ncnc(OCc2ccccc2)c1OC. The molecule has 0 spiro atoms. The van der Waals surface area contributed by atoms with Gasteiger partial charge in [0.05, 0.1) is 7.11 Å². The number of benzene rings is 1. The van der Waals surface area contributed by atoms with E-state index in [1.807, 2.05) is 37.3 Å². The van der Waals surface area contributed by atoms with E-state index in [2.05, 4.69) is 15.3 Å². The molecule has 0 saturated carbocycles. The van der Waals surface area contributed by atoms with Gasteiger partial charge in [-0.3, -0.25) is 0 Å². The molecule has 0 aliphatic carbocycles. The lowest BCUT2D eigenvalue weighted by atomic mass is 10.2. The summed E-state index contributed by atoms with van der Waals surface area (Å²) in [4.78, 5) is 8.24. The highest BCUT2D eigenvalue weighted by atomic mass is 16.5. The van der Waals surface area contributed by atoms with Gasteiger partial charge < -0.3 is 14.8 Å². The molecular weight excluding hydrogens is 242 g/mol. The fourth-order valence-electron chi connectivity index (χ4n) is 1.66. The van der Waals surface area contributed by atoms with Crippen LogP contribution in [0.4, 0.5) is 5.82 Å². The van der Waals surface area contributed by atoms with E-state index in [4.69, 9.17) is 9.47 Å². The number of rotatable bonds is 6. The fraction of sp³-hybridized carbons (Fsp3) is 0.286. The minimum atomic E-state index is 0.442. The van der Waals surface area contributed by atoms with Gasteiger partial charge >= 0.3 is 0 Å². The molecule has 0 bridgehead atoms. The summed E-state index contributed by atoms with van der Waals surface area (Å²) in [6, 6.07) is 9.91. The average molecular weight is 259 g/mol. The zero-order chi connectivity index (χ0) is 13.5. The number of nitrogens with one attached hydrogen (secondary N) is 1. The molecule has 19 heavy (non-hydrogen) atoms. The highest BCUT2D eigenvalue weighted by Crippen LogP contribution is 2.31. The Morgan fingerprint density at radius 2 is 1.95 bits per heavy atom. The Morgan fingerprint density at radius 1 is 1.16 bits per heavy atom. The first-order chi connectivity index (χ1) is 9.35. The third kappa shape index (κ3) is 3.34. The number of ether oxygens (including phenoxy) is 2. The molecule has 0 aliphatic rings. The van der Waals surface area contributed by atoms with Gasteiger partial charge in [0.15, 0.2) is 5.82 Å². The monoisotopic (exact) mass is 259 g/mol. The molecule has 2 rings (SSSR count). The normalized spacial score (nSPS) is 10.0. The first kappa shape index (κ1) is 13.1. The highest BCUT2D eigenvalue weighted by Gasteiger charge is 2.12. The Balaban J connectivity index is 2.13. The topological polar surface area (TPSA) is 56.3 Å². The molecule has 5 nitrogen and oxygen atoms in total. The van der Waals surface area contributed by atoms with Crippen LogP contribution < -0.4 is 14.8 Å². The summed E-state index contributed by atoms with van der Waals surface area (Å²) >= 11 is 0. The van der Waals surface area contributed by atoms with Gasteiger partial charge in [0.1, 0.15) is 12.9 Å². The Hall–Kier alpha value is -2.30. The third-order valence-corrected chi connectivity index (χ3v) is 2.54. The van der Waals surface area contributed by atoms with Crippen molar-refractivity contribution in [2.75, 3.05) is 19.0 Å². The van der Waals surface area contributed by atoms with Gasteiger partial charge in [0.25, 0.3) is 5.88 Å². The second-order valence-electron chi connectivity index (χ2n) is 3.87. The standard InChI is InChI=1S/C14H17N3O2/c1-3-15-13-12(18-2)14(17-10-16-13)19-9-11-7-5-4-6-8-11/h4-8,10H,3,9H2,1-2H3,(H,15,16,17). The van der Waals surface area contributed by atoms with Gasteiger partial charge in [0.2, 0.25) is 5.75 Å². The molecule has 0 radical (unpaired) electrons. The van der Waals surface area contributed by atoms with Crippen LogP contribution in [0.5, 0.6) is 11.6 Å². The van der Waals surface area contributed by atoms with Crippen LogP contribution in [-0.2, 0) is 6.61 Å². The summed E-state index contributed by atoms with van der Waals surface area (Å²) in [5.74, 6) is 1.61. The summed E-state index contributed by atoms with van der Waals surface area (Å²) in [7, 11) is 1.58. The van der Waals surface area contributed by atoms with E-state index in [1.165, 1.54) is 6.33 Å². The van der Waals surface area contributed by atoms with Crippen LogP contribution in [-0.4, -0.2) is 23.6 Å². The third-order valence-electron chi connectivity index (χ3n) is 2.54. The molecule has 5 heteroatoms. The van der Waals surface area contributed by atoms with Crippen molar-refractivity contribution in [2.45, 2.75) is 13.5 Å². The molecule has 0 saturated heterocycles. The minimum absolute atomic E-state index is 0.442. The minimum Gasteiger partial charge on any atom is -0.489 e. The molecule has 1 N–H and O–H groups in total. The van der Waals surface area contributed by atoms with Crippen molar-refractivity contribution in [1.82, 2.24) is 9.97 Å². The van der Waals surface area contributed by atoms with E-state index in [-0.39, 0.29) is 0 Å². The summed E-state index contributed by atoms with van der Waals surface area (Å²) in [5, 5.41) is 3.11. The molecule has 0 fully saturated rings. The van der Waals surface area contributed by atoms with Gasteiger partial charge in [-0.2, -0.15) is 4.98 Å². The lowest BCUT2D eigenvalue weighted by molar-refractivity contribution is 0.272. The maximum absolute atomic E-state index is 5.68. The van der Waals surface area contributed by atoms with E-state index in [0.717, 1.165) is 12.1 Å². The predicted molar refractivity (Wildman–Crippen MR) is 73.5 cm³/mol. The summed E-state index contributed by atoms with van der Waals surface area (Å²) in [6.45, 7) is 3.19. The van der Waals surface area contributed by atoms with E-state index in [0.29, 0.717) is 24.1 Å². The van der Waals surface area contributed by atoms with Crippen molar-refractivity contribution in [3.05, 3.63) is 42.2 Å². The second kappa shape index (κ2) is 6.58.